The molecule has 0 amide bonds. The van der Waals surface area contributed by atoms with Gasteiger partial charge in [0, 0.05) is 10.9 Å². The molecule has 0 aliphatic heterocycles. The molecule has 0 atom stereocenters. The van der Waals surface area contributed by atoms with Gasteiger partial charge in [0.2, 0.25) is 0 Å². The standard InChI is InChI=1S/C11H9BrO3/c1-2-3-6-15-10-5-4-8(12)7-9(10)11(13)14/h1,4-5,7H,3,6H2,(H,13,14). The highest BCUT2D eigenvalue weighted by atomic mass is 79.9. The van der Waals surface area contributed by atoms with E-state index in [0.717, 1.165) is 0 Å². The molecule has 1 N–H and O–H groups in total. The monoisotopic (exact) mass is 268 g/mol. The third-order valence-electron chi connectivity index (χ3n) is 1.68. The Balaban J connectivity index is 2.87. The van der Waals surface area contributed by atoms with Gasteiger partial charge in [0.25, 0.3) is 0 Å². The second-order valence-corrected chi connectivity index (χ2v) is 3.66. The van der Waals surface area contributed by atoms with E-state index in [1.807, 2.05) is 0 Å². The number of carboxylic acid groups (broad SMARTS) is 1. The minimum Gasteiger partial charge on any atom is -0.492 e. The maximum atomic E-state index is 10.9. The highest BCUT2D eigenvalue weighted by Gasteiger charge is 2.11. The van der Waals surface area contributed by atoms with E-state index in [9.17, 15) is 4.79 Å². The molecular formula is C11H9BrO3. The van der Waals surface area contributed by atoms with Crippen LogP contribution in [-0.2, 0) is 0 Å². The topological polar surface area (TPSA) is 46.5 Å². The molecule has 4 heteroatoms. The van der Waals surface area contributed by atoms with Gasteiger partial charge in [-0.1, -0.05) is 15.9 Å². The van der Waals surface area contributed by atoms with Crippen molar-refractivity contribution in [3.63, 3.8) is 0 Å². The van der Waals surface area contributed by atoms with E-state index >= 15 is 0 Å². The first-order chi connectivity index (χ1) is 7.15. The van der Waals surface area contributed by atoms with Crippen LogP contribution in [0.4, 0.5) is 0 Å². The van der Waals surface area contributed by atoms with E-state index < -0.39 is 5.97 Å². The smallest absolute Gasteiger partial charge is 0.339 e. The minimum atomic E-state index is -1.02. The van der Waals surface area contributed by atoms with E-state index in [2.05, 4.69) is 21.9 Å². The van der Waals surface area contributed by atoms with Crippen molar-refractivity contribution in [1.29, 1.82) is 0 Å². The van der Waals surface area contributed by atoms with Gasteiger partial charge in [0.15, 0.2) is 0 Å². The number of ether oxygens (including phenoxy) is 1. The van der Waals surface area contributed by atoms with Crippen molar-refractivity contribution in [2.75, 3.05) is 6.61 Å². The number of benzene rings is 1. The fourth-order valence-electron chi connectivity index (χ4n) is 1.02. The maximum absolute atomic E-state index is 10.9. The Bertz CT molecular complexity index is 407. The van der Waals surface area contributed by atoms with Gasteiger partial charge in [0.1, 0.15) is 11.3 Å². The lowest BCUT2D eigenvalue weighted by atomic mass is 10.2. The van der Waals surface area contributed by atoms with Crippen LogP contribution in [0.2, 0.25) is 0 Å². The lowest BCUT2D eigenvalue weighted by Gasteiger charge is -2.07. The third-order valence-corrected chi connectivity index (χ3v) is 2.17. The van der Waals surface area contributed by atoms with Gasteiger partial charge in [-0.2, -0.15) is 0 Å². The Morgan fingerprint density at radius 2 is 2.33 bits per heavy atom. The van der Waals surface area contributed by atoms with Crippen molar-refractivity contribution in [3.8, 4) is 18.1 Å². The van der Waals surface area contributed by atoms with Gasteiger partial charge in [0.05, 0.1) is 6.61 Å². The van der Waals surface area contributed by atoms with Gasteiger partial charge in [-0.3, -0.25) is 0 Å². The summed E-state index contributed by atoms with van der Waals surface area (Å²) in [5.74, 6) is 1.73. The summed E-state index contributed by atoms with van der Waals surface area (Å²) in [6, 6.07) is 4.81. The van der Waals surface area contributed by atoms with Crippen LogP contribution < -0.4 is 4.74 Å². The van der Waals surface area contributed by atoms with Crippen LogP contribution in [0.15, 0.2) is 22.7 Å². The zero-order valence-electron chi connectivity index (χ0n) is 7.87. The molecular weight excluding hydrogens is 260 g/mol. The summed E-state index contributed by atoms with van der Waals surface area (Å²) in [5, 5.41) is 8.91. The Hall–Kier alpha value is -1.47. The molecule has 3 nitrogen and oxygen atoms in total. The highest BCUT2D eigenvalue weighted by molar-refractivity contribution is 9.10. The SMILES string of the molecule is C#CCCOc1ccc(Br)cc1C(=O)O. The van der Waals surface area contributed by atoms with Crippen LogP contribution >= 0.6 is 15.9 Å². The first-order valence-corrected chi connectivity index (χ1v) is 5.03. The first kappa shape index (κ1) is 11.6. The molecule has 0 aliphatic rings. The molecule has 0 bridgehead atoms. The van der Waals surface area contributed by atoms with E-state index in [1.165, 1.54) is 6.07 Å². The first-order valence-electron chi connectivity index (χ1n) is 4.24. The van der Waals surface area contributed by atoms with Crippen LogP contribution in [0.5, 0.6) is 5.75 Å². The van der Waals surface area contributed by atoms with E-state index in [4.69, 9.17) is 16.3 Å². The number of aromatic carboxylic acids is 1. The molecule has 0 radical (unpaired) electrons. The fourth-order valence-corrected chi connectivity index (χ4v) is 1.38. The Morgan fingerprint density at radius 3 is 2.93 bits per heavy atom. The van der Waals surface area contributed by atoms with Crippen molar-refractivity contribution in [2.45, 2.75) is 6.42 Å². The predicted molar refractivity (Wildman–Crippen MR) is 60.0 cm³/mol. The summed E-state index contributed by atoms with van der Waals surface area (Å²) in [6.07, 6.45) is 5.51. The predicted octanol–water partition coefficient (Wildman–Crippen LogP) is 2.55. The van der Waals surface area contributed by atoms with Gasteiger partial charge in [-0.05, 0) is 18.2 Å². The summed E-state index contributed by atoms with van der Waals surface area (Å²) >= 11 is 3.20. The number of rotatable bonds is 4. The lowest BCUT2D eigenvalue weighted by Crippen LogP contribution is -2.04. The van der Waals surface area contributed by atoms with Gasteiger partial charge in [-0.15, -0.1) is 12.3 Å². The largest absolute Gasteiger partial charge is 0.492 e. The number of terminal acetylenes is 1. The van der Waals surface area contributed by atoms with E-state index in [-0.39, 0.29) is 5.56 Å². The summed E-state index contributed by atoms with van der Waals surface area (Å²) in [4.78, 5) is 10.9. The second-order valence-electron chi connectivity index (χ2n) is 2.75. The molecule has 1 aromatic rings. The van der Waals surface area contributed by atoms with Gasteiger partial charge in [-0.25, -0.2) is 4.79 Å². The zero-order valence-corrected chi connectivity index (χ0v) is 9.45. The maximum Gasteiger partial charge on any atom is 0.339 e. The Labute approximate surface area is 96.2 Å². The lowest BCUT2D eigenvalue weighted by molar-refractivity contribution is 0.0692. The quantitative estimate of drug-likeness (QED) is 0.675. The summed E-state index contributed by atoms with van der Waals surface area (Å²) < 4.78 is 5.95. The van der Waals surface area contributed by atoms with Crippen LogP contribution in [0, 0.1) is 12.3 Å². The molecule has 15 heavy (non-hydrogen) atoms. The number of hydrogen-bond acceptors (Lipinski definition) is 2. The van der Waals surface area contributed by atoms with Crippen molar-refractivity contribution >= 4 is 21.9 Å². The summed E-state index contributed by atoms with van der Waals surface area (Å²) in [7, 11) is 0. The second kappa shape index (κ2) is 5.42. The fraction of sp³-hybridized carbons (Fsp3) is 0.182. The number of halogens is 1. The molecule has 0 fully saturated rings. The molecule has 0 spiro atoms. The molecule has 0 saturated heterocycles. The van der Waals surface area contributed by atoms with E-state index in [0.29, 0.717) is 23.2 Å². The van der Waals surface area contributed by atoms with Crippen LogP contribution in [0.1, 0.15) is 16.8 Å². The molecule has 0 heterocycles. The summed E-state index contributed by atoms with van der Waals surface area (Å²) in [6.45, 7) is 0.318. The van der Waals surface area contributed by atoms with Crippen molar-refractivity contribution in [2.24, 2.45) is 0 Å². The van der Waals surface area contributed by atoms with Gasteiger partial charge >= 0.3 is 5.97 Å². The molecule has 0 aliphatic carbocycles. The molecule has 0 unspecified atom stereocenters. The van der Waals surface area contributed by atoms with Gasteiger partial charge < -0.3 is 9.84 Å². The minimum absolute atomic E-state index is 0.126. The average Bonchev–Trinajstić information content (AvgIpc) is 2.20. The molecule has 0 aromatic heterocycles. The van der Waals surface area contributed by atoms with Crippen LogP contribution in [0.3, 0.4) is 0 Å². The number of carboxylic acids is 1. The van der Waals surface area contributed by atoms with Crippen LogP contribution in [-0.4, -0.2) is 17.7 Å². The summed E-state index contributed by atoms with van der Waals surface area (Å²) in [5.41, 5.74) is 0.126. The normalized spacial score (nSPS) is 9.33. The molecule has 1 rings (SSSR count). The third kappa shape index (κ3) is 3.30. The van der Waals surface area contributed by atoms with Crippen molar-refractivity contribution in [1.82, 2.24) is 0 Å². The Morgan fingerprint density at radius 1 is 1.60 bits per heavy atom. The Kier molecular flexibility index (Phi) is 4.19. The number of hydrogen-bond donors (Lipinski definition) is 1. The highest BCUT2D eigenvalue weighted by Crippen LogP contribution is 2.23. The van der Waals surface area contributed by atoms with Crippen molar-refractivity contribution < 1.29 is 14.6 Å². The zero-order chi connectivity index (χ0) is 11.3. The number of carbonyl (C=O) groups is 1. The van der Waals surface area contributed by atoms with Crippen LogP contribution in [0.25, 0.3) is 0 Å². The molecule has 1 aromatic carbocycles. The molecule has 0 saturated carbocycles. The van der Waals surface area contributed by atoms with Crippen molar-refractivity contribution in [3.05, 3.63) is 28.2 Å². The molecule has 78 valence electrons. The average molecular weight is 269 g/mol. The van der Waals surface area contributed by atoms with E-state index in [1.54, 1.807) is 12.1 Å².